The lowest BCUT2D eigenvalue weighted by Crippen LogP contribution is -2.36. The normalized spacial score (nSPS) is 21.1. The van der Waals surface area contributed by atoms with Gasteiger partial charge in [-0.3, -0.25) is 4.99 Å². The summed E-state index contributed by atoms with van der Waals surface area (Å²) < 4.78 is 8.24. The monoisotopic (exact) mass is 308 g/mol. The zero-order valence-corrected chi connectivity index (χ0v) is 13.4. The molecule has 0 spiro atoms. The molecule has 5 heteroatoms. The van der Waals surface area contributed by atoms with E-state index >= 15 is 0 Å². The van der Waals surface area contributed by atoms with E-state index < -0.39 is 0 Å². The Hall–Kier alpha value is -2.40. The van der Waals surface area contributed by atoms with Crippen LogP contribution in [-0.4, -0.2) is 35.9 Å². The number of aliphatic imine (C=N–C) groups is 2. The van der Waals surface area contributed by atoms with E-state index in [9.17, 15) is 0 Å². The zero-order chi connectivity index (χ0) is 15.8. The molecule has 23 heavy (non-hydrogen) atoms. The van der Waals surface area contributed by atoms with Crippen molar-refractivity contribution in [2.75, 3.05) is 13.1 Å². The van der Waals surface area contributed by atoms with Crippen LogP contribution in [0.3, 0.4) is 0 Å². The van der Waals surface area contributed by atoms with Crippen LogP contribution in [-0.2, 0) is 7.05 Å². The van der Waals surface area contributed by atoms with Crippen molar-refractivity contribution < 1.29 is 4.74 Å². The van der Waals surface area contributed by atoms with Crippen LogP contribution >= 0.6 is 0 Å². The van der Waals surface area contributed by atoms with Crippen LogP contribution in [0.15, 0.2) is 51.6 Å². The molecule has 0 saturated heterocycles. The maximum absolute atomic E-state index is 6.13. The number of benzene rings is 1. The fraction of sp³-hybridized carbons (Fsp3) is 0.333. The third kappa shape index (κ3) is 2.68. The molecule has 1 atom stereocenters. The number of fused-ring (bicyclic) bond motifs is 1. The molecule has 1 aromatic heterocycles. The molecule has 0 bridgehead atoms. The Balaban J connectivity index is 1.67. The third-order valence-corrected chi connectivity index (χ3v) is 4.47. The van der Waals surface area contributed by atoms with Gasteiger partial charge >= 0.3 is 0 Å². The van der Waals surface area contributed by atoms with Crippen molar-refractivity contribution in [2.45, 2.75) is 19.4 Å². The largest absolute Gasteiger partial charge is 0.439 e. The highest BCUT2D eigenvalue weighted by atomic mass is 16.5. The first kappa shape index (κ1) is 14.2. The molecule has 2 aliphatic rings. The van der Waals surface area contributed by atoms with Crippen LogP contribution in [0.1, 0.15) is 13.3 Å². The molecule has 0 saturated carbocycles. The Kier molecular flexibility index (Phi) is 3.50. The first-order valence-corrected chi connectivity index (χ1v) is 7.94. The Morgan fingerprint density at radius 3 is 3.13 bits per heavy atom. The number of hydrogen-bond acceptors (Lipinski definition) is 4. The van der Waals surface area contributed by atoms with E-state index in [2.05, 4.69) is 51.2 Å². The highest BCUT2D eigenvalue weighted by Gasteiger charge is 2.23. The standard InChI is InChI=1S/C18H20N4O/c1-12-7-16-14(10-20-12)9-19-11-21-18(16)23-15-3-4-17-13(8-15)5-6-22(17)2/h3-6,8,11-12,20H,7,9-10H2,1-2H3. The summed E-state index contributed by atoms with van der Waals surface area (Å²) in [6.07, 6.45) is 4.59. The van der Waals surface area contributed by atoms with Gasteiger partial charge in [0.25, 0.3) is 0 Å². The van der Waals surface area contributed by atoms with Gasteiger partial charge in [-0.2, -0.15) is 0 Å². The summed E-state index contributed by atoms with van der Waals surface area (Å²) in [6, 6.07) is 8.66. The molecule has 2 aliphatic heterocycles. The van der Waals surface area contributed by atoms with Crippen LogP contribution in [0.4, 0.5) is 0 Å². The van der Waals surface area contributed by atoms with Crippen molar-refractivity contribution in [3.63, 3.8) is 0 Å². The van der Waals surface area contributed by atoms with Crippen LogP contribution in [0.2, 0.25) is 0 Å². The summed E-state index contributed by atoms with van der Waals surface area (Å²) >= 11 is 0. The van der Waals surface area contributed by atoms with Crippen molar-refractivity contribution in [3.8, 4) is 5.75 Å². The average molecular weight is 308 g/mol. The summed E-state index contributed by atoms with van der Waals surface area (Å²) in [6.45, 7) is 3.74. The molecular weight excluding hydrogens is 288 g/mol. The first-order valence-electron chi connectivity index (χ1n) is 7.94. The molecule has 1 unspecified atom stereocenters. The van der Waals surface area contributed by atoms with Gasteiger partial charge in [0.15, 0.2) is 0 Å². The summed E-state index contributed by atoms with van der Waals surface area (Å²) in [7, 11) is 2.04. The van der Waals surface area contributed by atoms with Gasteiger partial charge in [0.2, 0.25) is 5.90 Å². The maximum atomic E-state index is 6.13. The van der Waals surface area contributed by atoms with E-state index in [1.807, 2.05) is 13.1 Å². The molecule has 3 heterocycles. The maximum Gasteiger partial charge on any atom is 0.224 e. The topological polar surface area (TPSA) is 50.9 Å². The van der Waals surface area contributed by atoms with E-state index in [-0.39, 0.29) is 0 Å². The summed E-state index contributed by atoms with van der Waals surface area (Å²) in [5.41, 5.74) is 3.66. The van der Waals surface area contributed by atoms with E-state index in [0.717, 1.165) is 18.7 Å². The average Bonchev–Trinajstić information content (AvgIpc) is 2.80. The molecule has 1 aromatic carbocycles. The first-order chi connectivity index (χ1) is 11.2. The zero-order valence-electron chi connectivity index (χ0n) is 13.4. The minimum absolute atomic E-state index is 0.428. The van der Waals surface area contributed by atoms with E-state index in [0.29, 0.717) is 18.5 Å². The van der Waals surface area contributed by atoms with Crippen LogP contribution in [0, 0.1) is 0 Å². The summed E-state index contributed by atoms with van der Waals surface area (Å²) in [5.74, 6) is 1.50. The highest BCUT2D eigenvalue weighted by Crippen LogP contribution is 2.25. The van der Waals surface area contributed by atoms with Crippen LogP contribution in [0.25, 0.3) is 10.9 Å². The quantitative estimate of drug-likeness (QED) is 0.880. The van der Waals surface area contributed by atoms with Gasteiger partial charge in [-0.1, -0.05) is 0 Å². The Morgan fingerprint density at radius 2 is 2.22 bits per heavy atom. The second-order valence-electron chi connectivity index (χ2n) is 6.21. The molecule has 2 aromatic rings. The number of rotatable bonds is 1. The number of hydrogen-bond donors (Lipinski definition) is 1. The van der Waals surface area contributed by atoms with Gasteiger partial charge in [-0.15, -0.1) is 0 Å². The van der Waals surface area contributed by atoms with E-state index in [1.165, 1.54) is 22.0 Å². The van der Waals surface area contributed by atoms with Crippen molar-refractivity contribution in [1.82, 2.24) is 9.88 Å². The Bertz CT molecular complexity index is 844. The fourth-order valence-corrected chi connectivity index (χ4v) is 3.16. The van der Waals surface area contributed by atoms with Crippen LogP contribution in [0.5, 0.6) is 5.75 Å². The van der Waals surface area contributed by atoms with E-state index in [1.54, 1.807) is 6.34 Å². The van der Waals surface area contributed by atoms with Crippen molar-refractivity contribution in [2.24, 2.45) is 17.0 Å². The van der Waals surface area contributed by atoms with Gasteiger partial charge in [0.1, 0.15) is 12.1 Å². The third-order valence-electron chi connectivity index (χ3n) is 4.47. The Morgan fingerprint density at radius 1 is 1.30 bits per heavy atom. The number of aromatic nitrogens is 1. The van der Waals surface area contributed by atoms with Crippen molar-refractivity contribution in [1.29, 1.82) is 0 Å². The molecule has 0 aliphatic carbocycles. The SMILES string of the molecule is CC1CC2=C(CN=CN=C2Oc2ccc3c(ccn3C)c2)CN1. The lowest BCUT2D eigenvalue weighted by Gasteiger charge is -2.25. The van der Waals surface area contributed by atoms with Crippen molar-refractivity contribution >= 4 is 23.1 Å². The second kappa shape index (κ2) is 5.66. The molecule has 0 amide bonds. The highest BCUT2D eigenvalue weighted by molar-refractivity contribution is 6.01. The summed E-state index contributed by atoms with van der Waals surface area (Å²) in [4.78, 5) is 8.77. The van der Waals surface area contributed by atoms with Gasteiger partial charge in [0.05, 0.1) is 6.54 Å². The molecule has 1 N–H and O–H groups in total. The molecule has 0 radical (unpaired) electrons. The fourth-order valence-electron chi connectivity index (χ4n) is 3.16. The van der Waals surface area contributed by atoms with E-state index in [4.69, 9.17) is 4.74 Å². The molecule has 118 valence electrons. The smallest absolute Gasteiger partial charge is 0.224 e. The molecular formula is C18H20N4O. The van der Waals surface area contributed by atoms with Gasteiger partial charge in [-0.05, 0) is 43.2 Å². The van der Waals surface area contributed by atoms with Gasteiger partial charge < -0.3 is 14.6 Å². The Labute approximate surface area is 135 Å². The number of nitrogens with zero attached hydrogens (tertiary/aromatic N) is 3. The number of ether oxygens (including phenoxy) is 1. The summed E-state index contributed by atoms with van der Waals surface area (Å²) in [5, 5.41) is 4.64. The molecule has 5 nitrogen and oxygen atoms in total. The number of aryl methyl sites for hydroxylation is 1. The second-order valence-corrected chi connectivity index (χ2v) is 6.21. The lowest BCUT2D eigenvalue weighted by atomic mass is 9.96. The predicted octanol–water partition coefficient (Wildman–Crippen LogP) is 2.68. The minimum Gasteiger partial charge on any atom is -0.439 e. The van der Waals surface area contributed by atoms with Crippen molar-refractivity contribution in [3.05, 3.63) is 41.6 Å². The molecule has 0 fully saturated rings. The number of nitrogens with one attached hydrogen (secondary N) is 1. The predicted molar refractivity (Wildman–Crippen MR) is 93.4 cm³/mol. The molecule has 4 rings (SSSR count). The van der Waals surface area contributed by atoms with Gasteiger partial charge in [-0.25, -0.2) is 4.99 Å². The van der Waals surface area contributed by atoms with Crippen LogP contribution < -0.4 is 10.1 Å². The lowest BCUT2D eigenvalue weighted by molar-refractivity contribution is 0.511. The van der Waals surface area contributed by atoms with Gasteiger partial charge in [0, 0.05) is 42.3 Å². The minimum atomic E-state index is 0.428.